The van der Waals surface area contributed by atoms with Crippen molar-refractivity contribution in [2.75, 3.05) is 22.9 Å². The first-order valence-electron chi connectivity index (χ1n) is 11.3. The zero-order valence-corrected chi connectivity index (χ0v) is 21.8. The fourth-order valence-corrected chi connectivity index (χ4v) is 5.73. The van der Waals surface area contributed by atoms with Crippen molar-refractivity contribution in [1.82, 2.24) is 4.57 Å². The van der Waals surface area contributed by atoms with Crippen molar-refractivity contribution in [2.24, 2.45) is 0 Å². The van der Waals surface area contributed by atoms with Crippen LogP contribution < -0.4 is 14.4 Å². The van der Waals surface area contributed by atoms with Crippen LogP contribution in [0.3, 0.4) is 0 Å². The highest BCUT2D eigenvalue weighted by Crippen LogP contribution is 2.45. The summed E-state index contributed by atoms with van der Waals surface area (Å²) in [4.78, 5) is 4.58. The summed E-state index contributed by atoms with van der Waals surface area (Å²) in [6.45, 7) is 9.92. The largest absolute Gasteiger partial charge is 0.326 e. The Balaban J connectivity index is 1.63. The number of anilines is 2. The van der Waals surface area contributed by atoms with Crippen LogP contribution in [0, 0.1) is 0 Å². The molecule has 5 rings (SSSR count). The SMILES string of the molecule is CCN1C(=CC=C2CC[n+]3c2n(CC)c2cc(Cl)c(Cl)cc23)N(CC)c2cc(Cl)c(Cl)cc21. The second-order valence-corrected chi connectivity index (χ2v) is 9.81. The van der Waals surface area contributed by atoms with Crippen LogP contribution in [0.4, 0.5) is 11.4 Å². The van der Waals surface area contributed by atoms with Crippen LogP contribution in [0.25, 0.3) is 16.6 Å². The van der Waals surface area contributed by atoms with Crippen LogP contribution in [-0.4, -0.2) is 17.7 Å². The molecule has 4 nitrogen and oxygen atoms in total. The van der Waals surface area contributed by atoms with Crippen LogP contribution in [-0.2, 0) is 13.1 Å². The fourth-order valence-electron chi connectivity index (χ4n) is 5.10. The van der Waals surface area contributed by atoms with E-state index < -0.39 is 0 Å². The third-order valence-corrected chi connectivity index (χ3v) is 7.98. The maximum absolute atomic E-state index is 6.35. The number of hydrogen-bond donors (Lipinski definition) is 0. The van der Waals surface area contributed by atoms with Gasteiger partial charge in [0.25, 0.3) is 5.82 Å². The Labute approximate surface area is 214 Å². The van der Waals surface area contributed by atoms with Gasteiger partial charge >= 0.3 is 0 Å². The summed E-state index contributed by atoms with van der Waals surface area (Å²) >= 11 is 25.4. The zero-order valence-electron chi connectivity index (χ0n) is 18.8. The minimum atomic E-state index is 0.575. The maximum atomic E-state index is 6.35. The van der Waals surface area contributed by atoms with Crippen molar-refractivity contribution < 1.29 is 4.57 Å². The lowest BCUT2D eigenvalue weighted by molar-refractivity contribution is -0.664. The molecule has 0 N–H and O–H groups in total. The second-order valence-electron chi connectivity index (χ2n) is 8.18. The number of allylic oxidation sites excluding steroid dienone is 3. The van der Waals surface area contributed by atoms with Gasteiger partial charge in [-0.15, -0.1) is 0 Å². The van der Waals surface area contributed by atoms with Crippen molar-refractivity contribution in [1.29, 1.82) is 0 Å². The van der Waals surface area contributed by atoms with E-state index in [4.69, 9.17) is 46.4 Å². The van der Waals surface area contributed by atoms with Crippen molar-refractivity contribution in [2.45, 2.75) is 40.3 Å². The van der Waals surface area contributed by atoms with Crippen LogP contribution >= 0.6 is 46.4 Å². The number of aryl methyl sites for hydroxylation is 2. The van der Waals surface area contributed by atoms with Gasteiger partial charge in [-0.05, 0) is 45.1 Å². The molecule has 172 valence electrons. The van der Waals surface area contributed by atoms with Gasteiger partial charge in [0, 0.05) is 37.2 Å². The summed E-state index contributed by atoms with van der Waals surface area (Å²) in [5, 5.41) is 2.32. The summed E-state index contributed by atoms with van der Waals surface area (Å²) in [5.74, 6) is 2.35. The van der Waals surface area contributed by atoms with Crippen molar-refractivity contribution in [3.8, 4) is 0 Å². The quantitative estimate of drug-likeness (QED) is 0.328. The predicted octanol–water partition coefficient (Wildman–Crippen LogP) is 7.56. The van der Waals surface area contributed by atoms with Crippen LogP contribution in [0.15, 0.2) is 42.2 Å². The number of nitrogens with zero attached hydrogens (tertiary/aromatic N) is 4. The van der Waals surface area contributed by atoms with Gasteiger partial charge in [0.1, 0.15) is 5.82 Å². The highest BCUT2D eigenvalue weighted by molar-refractivity contribution is 6.43. The average molecular weight is 523 g/mol. The number of rotatable bonds is 4. The van der Waals surface area contributed by atoms with E-state index in [1.807, 2.05) is 24.3 Å². The van der Waals surface area contributed by atoms with Gasteiger partial charge in [0.05, 0.1) is 44.6 Å². The lowest BCUT2D eigenvalue weighted by Crippen LogP contribution is -2.31. The molecule has 0 spiro atoms. The molecule has 0 unspecified atom stereocenters. The Morgan fingerprint density at radius 1 is 0.788 bits per heavy atom. The number of hydrogen-bond acceptors (Lipinski definition) is 2. The van der Waals surface area contributed by atoms with E-state index in [1.165, 1.54) is 11.4 Å². The van der Waals surface area contributed by atoms with Crippen LogP contribution in [0.2, 0.25) is 20.1 Å². The normalized spacial score (nSPS) is 16.3. The highest BCUT2D eigenvalue weighted by atomic mass is 35.5. The lowest BCUT2D eigenvalue weighted by Gasteiger charge is -2.23. The average Bonchev–Trinajstić information content (AvgIpc) is 3.42. The monoisotopic (exact) mass is 521 g/mol. The molecule has 0 saturated carbocycles. The number of imidazole rings is 1. The third kappa shape index (κ3) is 3.54. The molecule has 2 aliphatic heterocycles. The molecule has 0 fully saturated rings. The zero-order chi connectivity index (χ0) is 23.4. The molecule has 1 aromatic heterocycles. The van der Waals surface area contributed by atoms with Crippen LogP contribution in [0.5, 0.6) is 0 Å². The molecule has 0 aliphatic carbocycles. The smallest absolute Gasteiger partial charge is 0.285 e. The van der Waals surface area contributed by atoms with E-state index in [-0.39, 0.29) is 0 Å². The first kappa shape index (κ1) is 22.9. The van der Waals surface area contributed by atoms with Gasteiger partial charge in [-0.25, -0.2) is 9.13 Å². The summed E-state index contributed by atoms with van der Waals surface area (Å²) in [5.41, 5.74) is 5.72. The standard InChI is InChI=1S/C25H25Cl4N4/c1-4-30-20-11-16(26)17(27)12-21(20)31(5-2)24(30)8-7-15-9-10-33-23-14-19(29)18(28)13-22(23)32(6-3)25(15)33/h7-8,11-14H,4-6,9-10H2,1-3H3/q+1. The summed E-state index contributed by atoms with van der Waals surface area (Å²) in [6, 6.07) is 7.88. The Hall–Kier alpha value is -1.85. The van der Waals surface area contributed by atoms with E-state index in [9.17, 15) is 0 Å². The Bertz CT molecular complexity index is 1280. The first-order valence-corrected chi connectivity index (χ1v) is 12.8. The lowest BCUT2D eigenvalue weighted by atomic mass is 10.2. The number of halogens is 4. The van der Waals surface area contributed by atoms with E-state index >= 15 is 0 Å². The molecule has 0 radical (unpaired) electrons. The molecular weight excluding hydrogens is 498 g/mol. The van der Waals surface area contributed by atoms with Gasteiger partial charge < -0.3 is 9.80 Å². The second kappa shape index (κ2) is 8.74. The summed E-state index contributed by atoms with van der Waals surface area (Å²) in [7, 11) is 0. The van der Waals surface area contributed by atoms with E-state index in [1.54, 1.807) is 0 Å². The van der Waals surface area contributed by atoms with E-state index in [2.05, 4.69) is 51.9 Å². The van der Waals surface area contributed by atoms with Crippen molar-refractivity contribution in [3.05, 3.63) is 68.2 Å². The minimum absolute atomic E-state index is 0.575. The molecule has 8 heteroatoms. The predicted molar refractivity (Wildman–Crippen MR) is 141 cm³/mol. The van der Waals surface area contributed by atoms with Crippen molar-refractivity contribution >= 4 is 74.4 Å². The van der Waals surface area contributed by atoms with Gasteiger partial charge in [0.2, 0.25) is 0 Å². The highest BCUT2D eigenvalue weighted by Gasteiger charge is 2.34. The van der Waals surface area contributed by atoms with Gasteiger partial charge in [-0.3, -0.25) is 0 Å². The molecule has 0 saturated heterocycles. The Morgan fingerprint density at radius 2 is 1.36 bits per heavy atom. The molecule has 33 heavy (non-hydrogen) atoms. The van der Waals surface area contributed by atoms with Crippen LogP contribution in [0.1, 0.15) is 33.0 Å². The summed E-state index contributed by atoms with van der Waals surface area (Å²) < 4.78 is 4.68. The topological polar surface area (TPSA) is 15.3 Å². The Morgan fingerprint density at radius 3 is 1.94 bits per heavy atom. The van der Waals surface area contributed by atoms with Gasteiger partial charge in [-0.2, -0.15) is 0 Å². The summed E-state index contributed by atoms with van der Waals surface area (Å²) in [6.07, 6.45) is 5.44. The molecule has 3 aromatic rings. The molecule has 3 heterocycles. The molecule has 0 atom stereocenters. The molecule has 0 amide bonds. The fraction of sp³-hybridized carbons (Fsp3) is 0.320. The maximum Gasteiger partial charge on any atom is 0.285 e. The minimum Gasteiger partial charge on any atom is -0.326 e. The van der Waals surface area contributed by atoms with Crippen molar-refractivity contribution in [3.63, 3.8) is 0 Å². The molecular formula is C25H25Cl4N4+. The van der Waals surface area contributed by atoms with E-state index in [0.29, 0.717) is 20.1 Å². The number of benzene rings is 2. The molecule has 2 aliphatic rings. The third-order valence-electron chi connectivity index (χ3n) is 6.54. The first-order chi connectivity index (χ1) is 15.9. The molecule has 0 bridgehead atoms. The van der Waals surface area contributed by atoms with Gasteiger partial charge in [0.15, 0.2) is 11.0 Å². The molecule has 2 aromatic carbocycles. The number of aromatic nitrogens is 2. The number of fused-ring (bicyclic) bond motifs is 4. The Kier molecular flexibility index (Phi) is 6.07. The van der Waals surface area contributed by atoms with Gasteiger partial charge in [-0.1, -0.05) is 46.4 Å². The van der Waals surface area contributed by atoms with E-state index in [0.717, 1.165) is 60.8 Å².